The highest BCUT2D eigenvalue weighted by Gasteiger charge is 2.28. The molecule has 0 N–H and O–H groups in total. The molecule has 41 heavy (non-hydrogen) atoms. The van der Waals surface area contributed by atoms with Crippen molar-refractivity contribution in [2.24, 2.45) is 11.4 Å². The van der Waals surface area contributed by atoms with Gasteiger partial charge in [0.1, 0.15) is 33.7 Å². The van der Waals surface area contributed by atoms with Crippen LogP contribution in [0.25, 0.3) is 16.6 Å². The number of piperazine rings is 1. The standard InChI is InChI=1S/C29H32N10OS/c1-29(2,3)41(40)35-26(21-8-6-5-7-9-21)23-15-30-28(31-16-23)38-12-10-37(11-13-38)27-25-14-22(19-39(25)34-20-32-27)24-17-33-36(4)18-24/h5-9,14-20H,10-13H2,1-4H3. The second kappa shape index (κ2) is 10.9. The van der Waals surface area contributed by atoms with Crippen LogP contribution in [-0.2, 0) is 18.4 Å². The van der Waals surface area contributed by atoms with Crippen LogP contribution >= 0.6 is 0 Å². The second-order valence-corrected chi connectivity index (χ2v) is 12.9. The van der Waals surface area contributed by atoms with Gasteiger partial charge in [-0.05, 0) is 26.8 Å². The molecule has 1 unspecified atom stereocenters. The molecule has 0 saturated carbocycles. The Hall–Kier alpha value is -4.29. The summed E-state index contributed by atoms with van der Waals surface area (Å²) in [6.45, 7) is 8.78. The molecule has 5 aromatic rings. The van der Waals surface area contributed by atoms with E-state index < -0.39 is 16.1 Å². The molecule has 0 radical (unpaired) electrons. The SMILES string of the molecule is Cn1cc(-c2cc3c(N4CCN(c5ncc(C(=N[S+]([O-])C(C)(C)C)c6ccccc6)cn5)CC4)ncnn3c2)cn1. The number of benzene rings is 1. The van der Waals surface area contributed by atoms with E-state index in [-0.39, 0.29) is 0 Å². The molecule has 1 aliphatic rings. The van der Waals surface area contributed by atoms with Gasteiger partial charge in [-0.3, -0.25) is 4.68 Å². The molecule has 0 bridgehead atoms. The quantitative estimate of drug-likeness (QED) is 0.226. The van der Waals surface area contributed by atoms with Gasteiger partial charge in [0, 0.05) is 80.3 Å². The summed E-state index contributed by atoms with van der Waals surface area (Å²) in [5, 5.41) is 8.71. The number of nitrogens with zero attached hydrogens (tertiary/aromatic N) is 10. The largest absolute Gasteiger partial charge is 0.591 e. The molecule has 5 heterocycles. The predicted molar refractivity (Wildman–Crippen MR) is 162 cm³/mol. The maximum atomic E-state index is 12.9. The van der Waals surface area contributed by atoms with Crippen LogP contribution in [0.4, 0.5) is 11.8 Å². The number of fused-ring (bicyclic) bond motifs is 1. The molecule has 1 fully saturated rings. The minimum atomic E-state index is -1.42. The van der Waals surface area contributed by atoms with Crippen LogP contribution in [0.2, 0.25) is 0 Å². The molecule has 12 heteroatoms. The Morgan fingerprint density at radius 1 is 0.854 bits per heavy atom. The zero-order chi connectivity index (χ0) is 28.6. The molecule has 210 valence electrons. The lowest BCUT2D eigenvalue weighted by molar-refractivity contribution is 0.561. The van der Waals surface area contributed by atoms with Crippen LogP contribution < -0.4 is 9.80 Å². The van der Waals surface area contributed by atoms with Crippen LogP contribution in [0.3, 0.4) is 0 Å². The average Bonchev–Trinajstić information content (AvgIpc) is 3.62. The van der Waals surface area contributed by atoms with Crippen LogP contribution in [0.15, 0.2) is 78.1 Å². The molecule has 1 atom stereocenters. The van der Waals surface area contributed by atoms with E-state index in [2.05, 4.69) is 45.4 Å². The van der Waals surface area contributed by atoms with E-state index in [0.717, 1.165) is 59.8 Å². The lowest BCUT2D eigenvalue weighted by Gasteiger charge is -2.35. The molecular formula is C29H32N10OS. The Labute approximate surface area is 241 Å². The number of hydrogen-bond donors (Lipinski definition) is 0. The van der Waals surface area contributed by atoms with Crippen molar-refractivity contribution < 1.29 is 4.55 Å². The van der Waals surface area contributed by atoms with E-state index in [1.54, 1.807) is 23.4 Å². The van der Waals surface area contributed by atoms with E-state index in [4.69, 9.17) is 0 Å². The highest BCUT2D eigenvalue weighted by Crippen LogP contribution is 2.27. The zero-order valence-electron chi connectivity index (χ0n) is 23.5. The fourth-order valence-electron chi connectivity index (χ4n) is 4.70. The topological polar surface area (TPSA) is 116 Å². The van der Waals surface area contributed by atoms with Crippen LogP contribution in [0.1, 0.15) is 31.9 Å². The van der Waals surface area contributed by atoms with Crippen LogP contribution in [0.5, 0.6) is 0 Å². The molecule has 0 amide bonds. The van der Waals surface area contributed by atoms with Crippen molar-refractivity contribution in [3.05, 3.63) is 84.8 Å². The van der Waals surface area contributed by atoms with Gasteiger partial charge in [-0.15, -0.1) is 0 Å². The summed E-state index contributed by atoms with van der Waals surface area (Å²) in [5.41, 5.74) is 5.29. The third kappa shape index (κ3) is 5.66. The van der Waals surface area contributed by atoms with E-state index in [0.29, 0.717) is 11.7 Å². The maximum absolute atomic E-state index is 12.9. The smallest absolute Gasteiger partial charge is 0.225 e. The Morgan fingerprint density at radius 3 is 2.22 bits per heavy atom. The minimum Gasteiger partial charge on any atom is -0.591 e. The molecule has 6 rings (SSSR count). The molecule has 0 aliphatic carbocycles. The molecule has 1 aliphatic heterocycles. The van der Waals surface area contributed by atoms with E-state index >= 15 is 0 Å². The molecule has 0 spiro atoms. The van der Waals surface area contributed by atoms with Gasteiger partial charge in [0.25, 0.3) is 0 Å². The Kier molecular flexibility index (Phi) is 7.18. The summed E-state index contributed by atoms with van der Waals surface area (Å²) >= 11 is -1.42. The van der Waals surface area contributed by atoms with Gasteiger partial charge in [-0.2, -0.15) is 10.2 Å². The minimum absolute atomic E-state index is 0.475. The Bertz CT molecular complexity index is 1670. The zero-order valence-corrected chi connectivity index (χ0v) is 24.4. The van der Waals surface area contributed by atoms with E-state index in [9.17, 15) is 4.55 Å². The van der Waals surface area contributed by atoms with Crippen molar-refractivity contribution in [2.75, 3.05) is 36.0 Å². The summed E-state index contributed by atoms with van der Waals surface area (Å²) in [4.78, 5) is 18.4. The van der Waals surface area contributed by atoms with Crippen molar-refractivity contribution >= 4 is 34.4 Å². The first-order valence-electron chi connectivity index (χ1n) is 13.5. The average molecular weight is 569 g/mol. The van der Waals surface area contributed by atoms with Gasteiger partial charge in [0.15, 0.2) is 5.82 Å². The van der Waals surface area contributed by atoms with E-state index in [1.807, 2.05) is 81.3 Å². The number of aromatic nitrogens is 7. The summed E-state index contributed by atoms with van der Waals surface area (Å²) in [6, 6.07) is 11.9. The molecule has 1 saturated heterocycles. The van der Waals surface area contributed by atoms with Crippen LogP contribution in [0, 0.1) is 0 Å². The lowest BCUT2D eigenvalue weighted by atomic mass is 10.1. The third-order valence-electron chi connectivity index (χ3n) is 6.94. The highest BCUT2D eigenvalue weighted by atomic mass is 32.2. The molecule has 1 aromatic carbocycles. The summed E-state index contributed by atoms with van der Waals surface area (Å²) in [6.07, 6.45) is 11.0. The van der Waals surface area contributed by atoms with E-state index in [1.165, 1.54) is 0 Å². The summed E-state index contributed by atoms with van der Waals surface area (Å²) < 4.78 is 20.7. The van der Waals surface area contributed by atoms with Crippen LogP contribution in [-0.4, -0.2) is 75.5 Å². The number of aryl methyl sites for hydroxylation is 1. The maximum Gasteiger partial charge on any atom is 0.225 e. The monoisotopic (exact) mass is 568 g/mol. The van der Waals surface area contributed by atoms with Gasteiger partial charge >= 0.3 is 0 Å². The van der Waals surface area contributed by atoms with Crippen molar-refractivity contribution in [3.8, 4) is 11.1 Å². The number of rotatable bonds is 6. The normalized spacial score (nSPS) is 15.5. The highest BCUT2D eigenvalue weighted by molar-refractivity contribution is 7.91. The summed E-state index contributed by atoms with van der Waals surface area (Å²) in [5.74, 6) is 1.56. The summed E-state index contributed by atoms with van der Waals surface area (Å²) in [7, 11) is 1.91. The first kappa shape index (κ1) is 26.9. The Balaban J connectivity index is 1.19. The fraction of sp³-hybridized carbons (Fsp3) is 0.310. The van der Waals surface area contributed by atoms with Crippen molar-refractivity contribution in [1.82, 2.24) is 34.3 Å². The third-order valence-corrected chi connectivity index (χ3v) is 8.34. The number of hydrogen-bond acceptors (Lipinski definition) is 9. The molecule has 11 nitrogen and oxygen atoms in total. The van der Waals surface area contributed by atoms with Crippen molar-refractivity contribution in [1.29, 1.82) is 0 Å². The molecule has 4 aromatic heterocycles. The van der Waals surface area contributed by atoms with Crippen molar-refractivity contribution in [3.63, 3.8) is 0 Å². The van der Waals surface area contributed by atoms with Crippen molar-refractivity contribution in [2.45, 2.75) is 25.5 Å². The van der Waals surface area contributed by atoms with Gasteiger partial charge < -0.3 is 14.4 Å². The van der Waals surface area contributed by atoms with Gasteiger partial charge in [0.05, 0.1) is 6.20 Å². The predicted octanol–water partition coefficient (Wildman–Crippen LogP) is 3.55. The molecular weight excluding hydrogens is 536 g/mol. The number of anilines is 2. The Morgan fingerprint density at radius 2 is 1.56 bits per heavy atom. The van der Waals surface area contributed by atoms with Gasteiger partial charge in [0.2, 0.25) is 5.95 Å². The first-order chi connectivity index (χ1) is 19.8. The van der Waals surface area contributed by atoms with Gasteiger partial charge in [-0.1, -0.05) is 34.7 Å². The van der Waals surface area contributed by atoms with Gasteiger partial charge in [-0.25, -0.2) is 19.5 Å². The lowest BCUT2D eigenvalue weighted by Crippen LogP contribution is -2.47. The first-order valence-corrected chi connectivity index (χ1v) is 14.6. The fourth-order valence-corrected chi connectivity index (χ4v) is 5.35. The second-order valence-electron chi connectivity index (χ2n) is 11.0.